The maximum atomic E-state index is 12.4. The predicted molar refractivity (Wildman–Crippen MR) is 80.5 cm³/mol. The van der Waals surface area contributed by atoms with Gasteiger partial charge < -0.3 is 20.8 Å². The predicted octanol–water partition coefficient (Wildman–Crippen LogP) is 1.01. The number of carbonyl (C=O) groups is 2. The van der Waals surface area contributed by atoms with Crippen LogP contribution >= 0.6 is 0 Å². The van der Waals surface area contributed by atoms with Gasteiger partial charge in [-0.05, 0) is 37.0 Å². The molecule has 6 nitrogen and oxygen atoms in total. The van der Waals surface area contributed by atoms with Gasteiger partial charge in [0.25, 0.3) is 11.8 Å². The van der Waals surface area contributed by atoms with Crippen LogP contribution in [0.4, 0.5) is 0 Å². The average molecular weight is 299 g/mol. The first kappa shape index (κ1) is 13.3. The molecule has 1 aliphatic heterocycles. The molecule has 2 heterocycles. The molecule has 2 aromatic rings. The van der Waals surface area contributed by atoms with Crippen molar-refractivity contribution in [1.82, 2.24) is 10.6 Å². The van der Waals surface area contributed by atoms with Crippen molar-refractivity contribution in [2.75, 3.05) is 6.54 Å². The molecule has 0 spiro atoms. The summed E-state index contributed by atoms with van der Waals surface area (Å²) in [5.41, 5.74) is 6.69. The van der Waals surface area contributed by atoms with Crippen LogP contribution in [0.15, 0.2) is 28.9 Å². The van der Waals surface area contributed by atoms with E-state index in [0.717, 1.165) is 19.4 Å². The summed E-state index contributed by atoms with van der Waals surface area (Å²) in [6.45, 7) is 0.974. The standard InChI is InChI=1S/C16H17N3O3/c17-15(20)12-7-22-14-2-1-8(4-11(12)14)16(21)19-13-5-10-3-9(13)6-18-10/h1-2,4,7,9-10,13,18H,3,5-6H2,(H2,17,20)(H,19,21). The Hall–Kier alpha value is -2.34. The Morgan fingerprint density at radius 3 is 2.86 bits per heavy atom. The molecular formula is C16H17N3O3. The maximum Gasteiger partial charge on any atom is 0.252 e. The Morgan fingerprint density at radius 2 is 2.18 bits per heavy atom. The maximum absolute atomic E-state index is 12.4. The van der Waals surface area contributed by atoms with Crippen molar-refractivity contribution in [3.63, 3.8) is 0 Å². The largest absolute Gasteiger partial charge is 0.463 e. The van der Waals surface area contributed by atoms with E-state index in [9.17, 15) is 9.59 Å². The molecule has 3 atom stereocenters. The van der Waals surface area contributed by atoms with E-state index in [1.165, 1.54) is 6.26 Å². The van der Waals surface area contributed by atoms with Crippen molar-refractivity contribution in [3.8, 4) is 0 Å². The smallest absolute Gasteiger partial charge is 0.252 e. The Bertz CT molecular complexity index is 767. The number of hydrogen-bond acceptors (Lipinski definition) is 4. The van der Waals surface area contributed by atoms with Crippen LogP contribution in [0.1, 0.15) is 33.6 Å². The zero-order chi connectivity index (χ0) is 15.3. The molecule has 4 rings (SSSR count). The van der Waals surface area contributed by atoms with E-state index in [-0.39, 0.29) is 11.9 Å². The van der Waals surface area contributed by atoms with Gasteiger partial charge in [-0.1, -0.05) is 0 Å². The normalized spacial score (nSPS) is 26.5. The minimum absolute atomic E-state index is 0.115. The van der Waals surface area contributed by atoms with Gasteiger partial charge in [-0.15, -0.1) is 0 Å². The second-order valence-electron chi connectivity index (χ2n) is 6.14. The zero-order valence-electron chi connectivity index (χ0n) is 12.0. The van der Waals surface area contributed by atoms with Crippen LogP contribution in [-0.4, -0.2) is 30.4 Å². The van der Waals surface area contributed by atoms with Gasteiger partial charge in [0.2, 0.25) is 0 Å². The summed E-state index contributed by atoms with van der Waals surface area (Å²) >= 11 is 0. The van der Waals surface area contributed by atoms with Crippen LogP contribution in [-0.2, 0) is 0 Å². The lowest BCUT2D eigenvalue weighted by atomic mass is 10.0. The quantitative estimate of drug-likeness (QED) is 0.788. The van der Waals surface area contributed by atoms with E-state index in [4.69, 9.17) is 10.2 Å². The molecule has 114 valence electrons. The third-order valence-electron chi connectivity index (χ3n) is 4.78. The van der Waals surface area contributed by atoms with Crippen molar-refractivity contribution in [2.45, 2.75) is 24.9 Å². The molecule has 6 heteroatoms. The fourth-order valence-corrected chi connectivity index (χ4v) is 3.62. The lowest BCUT2D eigenvalue weighted by Crippen LogP contribution is -2.44. The van der Waals surface area contributed by atoms with Gasteiger partial charge in [0, 0.05) is 29.6 Å². The van der Waals surface area contributed by atoms with Crippen LogP contribution in [0.25, 0.3) is 11.0 Å². The van der Waals surface area contributed by atoms with E-state index >= 15 is 0 Å². The molecular weight excluding hydrogens is 282 g/mol. The van der Waals surface area contributed by atoms with Crippen molar-refractivity contribution in [1.29, 1.82) is 0 Å². The first-order valence-corrected chi connectivity index (χ1v) is 7.47. The number of piperidine rings is 1. The summed E-state index contributed by atoms with van der Waals surface area (Å²) in [5, 5.41) is 7.11. The number of primary amides is 1. The van der Waals surface area contributed by atoms with Gasteiger partial charge in [-0.25, -0.2) is 0 Å². The summed E-state index contributed by atoms with van der Waals surface area (Å²) in [6, 6.07) is 5.83. The molecule has 2 bridgehead atoms. The molecule has 22 heavy (non-hydrogen) atoms. The van der Waals surface area contributed by atoms with Gasteiger partial charge in [0.05, 0.1) is 5.56 Å². The van der Waals surface area contributed by atoms with Crippen LogP contribution in [0.5, 0.6) is 0 Å². The fourth-order valence-electron chi connectivity index (χ4n) is 3.62. The highest BCUT2D eigenvalue weighted by molar-refractivity contribution is 6.07. The summed E-state index contributed by atoms with van der Waals surface area (Å²) < 4.78 is 5.28. The molecule has 0 radical (unpaired) electrons. The molecule has 3 unspecified atom stereocenters. The van der Waals surface area contributed by atoms with E-state index in [1.54, 1.807) is 18.2 Å². The van der Waals surface area contributed by atoms with Gasteiger partial charge in [0.15, 0.2) is 0 Å². The minimum Gasteiger partial charge on any atom is -0.463 e. The van der Waals surface area contributed by atoms with E-state index < -0.39 is 5.91 Å². The highest BCUT2D eigenvalue weighted by Crippen LogP contribution is 2.31. The van der Waals surface area contributed by atoms with Crippen LogP contribution in [0.2, 0.25) is 0 Å². The fraction of sp³-hybridized carbons (Fsp3) is 0.375. The summed E-state index contributed by atoms with van der Waals surface area (Å²) in [4.78, 5) is 23.8. The molecule has 2 aliphatic rings. The Balaban J connectivity index is 1.59. The number of fused-ring (bicyclic) bond motifs is 3. The highest BCUT2D eigenvalue weighted by atomic mass is 16.3. The number of nitrogens with two attached hydrogens (primary N) is 1. The highest BCUT2D eigenvalue weighted by Gasteiger charge is 2.40. The molecule has 1 aliphatic carbocycles. The van der Waals surface area contributed by atoms with Crippen LogP contribution < -0.4 is 16.4 Å². The number of benzene rings is 1. The second kappa shape index (κ2) is 4.84. The average Bonchev–Trinajstić information content (AvgIpc) is 3.20. The SMILES string of the molecule is NC(=O)c1coc2ccc(C(=O)NC3CC4CC3CN4)cc12. The minimum atomic E-state index is -0.560. The van der Waals surface area contributed by atoms with Crippen molar-refractivity contribution >= 4 is 22.8 Å². The molecule has 1 saturated carbocycles. The van der Waals surface area contributed by atoms with Gasteiger partial charge in [-0.3, -0.25) is 9.59 Å². The Morgan fingerprint density at radius 1 is 1.32 bits per heavy atom. The van der Waals surface area contributed by atoms with E-state index in [1.807, 2.05) is 0 Å². The van der Waals surface area contributed by atoms with Crippen LogP contribution in [0.3, 0.4) is 0 Å². The van der Waals surface area contributed by atoms with Gasteiger partial charge in [0.1, 0.15) is 11.8 Å². The zero-order valence-corrected chi connectivity index (χ0v) is 12.0. The van der Waals surface area contributed by atoms with Gasteiger partial charge >= 0.3 is 0 Å². The monoisotopic (exact) mass is 299 g/mol. The molecule has 2 amide bonds. The number of hydrogen-bond donors (Lipinski definition) is 3. The number of furan rings is 1. The number of carbonyl (C=O) groups excluding carboxylic acids is 2. The van der Waals surface area contributed by atoms with E-state index in [0.29, 0.717) is 34.1 Å². The first-order valence-electron chi connectivity index (χ1n) is 7.47. The van der Waals surface area contributed by atoms with Crippen molar-refractivity contribution in [2.24, 2.45) is 11.7 Å². The first-order chi connectivity index (χ1) is 10.6. The number of nitrogens with one attached hydrogen (secondary N) is 2. The lowest BCUT2D eigenvalue weighted by Gasteiger charge is -2.23. The van der Waals surface area contributed by atoms with Crippen molar-refractivity contribution in [3.05, 3.63) is 35.6 Å². The van der Waals surface area contributed by atoms with Crippen molar-refractivity contribution < 1.29 is 14.0 Å². The van der Waals surface area contributed by atoms with Gasteiger partial charge in [-0.2, -0.15) is 0 Å². The molecule has 1 saturated heterocycles. The summed E-state index contributed by atoms with van der Waals surface area (Å²) in [6.07, 6.45) is 3.45. The van der Waals surface area contributed by atoms with Crippen LogP contribution in [0, 0.1) is 5.92 Å². The Labute approximate surface area is 127 Å². The molecule has 1 aromatic carbocycles. The second-order valence-corrected chi connectivity index (χ2v) is 6.14. The third kappa shape index (κ3) is 2.07. The third-order valence-corrected chi connectivity index (χ3v) is 4.78. The summed E-state index contributed by atoms with van der Waals surface area (Å²) in [5.74, 6) is -0.153. The Kier molecular flexibility index (Phi) is 2.94. The number of rotatable bonds is 3. The molecule has 4 N–H and O–H groups in total. The van der Waals surface area contributed by atoms with E-state index in [2.05, 4.69) is 10.6 Å². The lowest BCUT2D eigenvalue weighted by molar-refractivity contribution is 0.0924. The topological polar surface area (TPSA) is 97.4 Å². The number of amides is 2. The molecule has 1 aromatic heterocycles. The molecule has 2 fully saturated rings. The summed E-state index contributed by atoms with van der Waals surface area (Å²) in [7, 11) is 0.